The molecular weight excluding hydrogens is 338 g/mol. The maximum Gasteiger partial charge on any atom is 0.470 e. The third-order valence-corrected chi connectivity index (χ3v) is 3.93. The van der Waals surface area contributed by atoms with Crippen molar-refractivity contribution in [3.8, 4) is 0 Å². The maximum atomic E-state index is 11.1. The van der Waals surface area contributed by atoms with E-state index in [0.717, 1.165) is 0 Å². The largest absolute Gasteiger partial charge is 0.470 e. The highest BCUT2D eigenvalue weighted by Crippen LogP contribution is 2.45. The number of aliphatic hydroxyl groups excluding tert-OH is 2. The molecule has 23 heavy (non-hydrogen) atoms. The van der Waals surface area contributed by atoms with Gasteiger partial charge in [0.25, 0.3) is 0 Å². The van der Waals surface area contributed by atoms with Crippen molar-refractivity contribution in [2.45, 2.75) is 24.5 Å². The molecule has 0 spiro atoms. The van der Waals surface area contributed by atoms with E-state index in [0.29, 0.717) is 0 Å². The average molecular weight is 352 g/mol. The number of imidazole rings is 1. The minimum atomic E-state index is -4.91. The van der Waals surface area contributed by atoms with E-state index in [9.17, 15) is 14.8 Å². The Kier molecular flexibility index (Phi) is 4.06. The van der Waals surface area contributed by atoms with Crippen molar-refractivity contribution in [2.75, 3.05) is 12.3 Å². The minimum Gasteiger partial charge on any atom is -0.394 e. The molecule has 0 saturated carbocycles. The van der Waals surface area contributed by atoms with Crippen molar-refractivity contribution >= 4 is 24.8 Å². The van der Waals surface area contributed by atoms with Crippen LogP contribution in [0.2, 0.25) is 0 Å². The fraction of sp³-hybridized carbons (Fsp3) is 0.500. The molecule has 3 rings (SSSR count). The molecule has 0 aromatic carbocycles. The van der Waals surface area contributed by atoms with Gasteiger partial charge in [-0.05, 0) is 0 Å². The molecule has 2 aromatic rings. The van der Waals surface area contributed by atoms with Crippen LogP contribution >= 0.6 is 7.82 Å². The van der Waals surface area contributed by atoms with Crippen LogP contribution < -0.4 is 5.73 Å². The quantitative estimate of drug-likeness (QED) is 0.307. The van der Waals surface area contributed by atoms with E-state index in [2.05, 4.69) is 19.5 Å². The lowest BCUT2D eigenvalue weighted by Gasteiger charge is -2.21. The molecule has 1 aliphatic rings. The van der Waals surface area contributed by atoms with Crippen LogP contribution in [0.1, 0.15) is 6.23 Å². The van der Waals surface area contributed by atoms with E-state index in [1.807, 2.05) is 0 Å². The predicted molar refractivity (Wildman–Crippen MR) is 73.7 cm³/mol. The van der Waals surface area contributed by atoms with Gasteiger partial charge in [0.2, 0.25) is 0 Å². The van der Waals surface area contributed by atoms with Crippen molar-refractivity contribution in [2.24, 2.45) is 0 Å². The Hall–Kier alpha value is -1.66. The van der Waals surface area contributed by atoms with Gasteiger partial charge in [0.05, 0.1) is 12.9 Å². The summed E-state index contributed by atoms with van der Waals surface area (Å²) in [5.74, 6) is 0.110. The number of hydrogen-bond donors (Lipinski definition) is 5. The van der Waals surface area contributed by atoms with Crippen LogP contribution in [-0.2, 0) is 13.8 Å². The number of anilines is 1. The summed E-state index contributed by atoms with van der Waals surface area (Å²) in [7, 11) is -4.91. The molecule has 13 heteroatoms. The summed E-state index contributed by atoms with van der Waals surface area (Å²) in [4.78, 5) is 29.8. The number of ether oxygens (including phenoxy) is 1. The van der Waals surface area contributed by atoms with Crippen molar-refractivity contribution in [1.29, 1.82) is 0 Å². The molecule has 2 aromatic heterocycles. The lowest BCUT2D eigenvalue weighted by Crippen LogP contribution is -2.34. The number of hydrogen-bond acceptors (Lipinski definition) is 9. The molecule has 0 unspecified atom stereocenters. The average Bonchev–Trinajstić information content (AvgIpc) is 3.01. The van der Waals surface area contributed by atoms with Crippen molar-refractivity contribution < 1.29 is 33.8 Å². The SMILES string of the molecule is Nc1ncnc2c1ncn2[13C@@H]1O[13C@H]([13CH2]O)[13C@@H](O)[13C@H]1OP(=O)(O)O. The fourth-order valence-electron chi connectivity index (χ4n) is 2.42. The first kappa shape index (κ1) is 16.2. The lowest BCUT2D eigenvalue weighted by atomic mass is 10.5. The van der Waals surface area contributed by atoms with E-state index in [1.165, 1.54) is 17.2 Å². The normalized spacial score (nSPS) is 28.5. The third-order valence-electron chi connectivity index (χ3n) is 3.41. The van der Waals surface area contributed by atoms with Gasteiger partial charge in [-0.15, -0.1) is 0 Å². The Morgan fingerprint density at radius 1 is 1.39 bits per heavy atom. The molecule has 3 heterocycles. The van der Waals surface area contributed by atoms with Gasteiger partial charge in [0, 0.05) is 0 Å². The number of phosphoric acid groups is 1. The van der Waals surface area contributed by atoms with Crippen molar-refractivity contribution in [3.05, 3.63) is 12.7 Å². The zero-order valence-electron chi connectivity index (χ0n) is 11.5. The first-order chi connectivity index (χ1) is 10.8. The van der Waals surface area contributed by atoms with E-state index in [1.54, 1.807) is 0 Å². The zero-order valence-corrected chi connectivity index (χ0v) is 12.4. The molecule has 1 saturated heterocycles. The number of rotatable bonds is 4. The summed E-state index contributed by atoms with van der Waals surface area (Å²) in [5, 5.41) is 19.3. The first-order valence-corrected chi connectivity index (χ1v) is 7.96. The molecule has 1 aliphatic heterocycles. The van der Waals surface area contributed by atoms with Gasteiger partial charge >= 0.3 is 7.82 Å². The molecule has 12 nitrogen and oxygen atoms in total. The highest BCUT2D eigenvalue weighted by molar-refractivity contribution is 7.46. The lowest BCUT2D eigenvalue weighted by molar-refractivity contribution is -0.0505. The van der Waals surface area contributed by atoms with Crippen LogP contribution in [0.5, 0.6) is 0 Å². The second-order valence-electron chi connectivity index (χ2n) is 4.88. The van der Waals surface area contributed by atoms with Crippen LogP contribution in [0.4, 0.5) is 5.82 Å². The van der Waals surface area contributed by atoms with Gasteiger partial charge in [0.1, 0.15) is 30.2 Å². The summed E-state index contributed by atoms with van der Waals surface area (Å²) in [6.07, 6.45) is -2.72. The molecule has 0 radical (unpaired) electrons. The Morgan fingerprint density at radius 3 is 2.78 bits per heavy atom. The molecule has 4 atom stereocenters. The number of nitrogen functional groups attached to an aromatic ring is 1. The third kappa shape index (κ3) is 2.93. The topological polar surface area (TPSA) is 186 Å². The Bertz CT molecular complexity index is 763. The molecule has 126 valence electrons. The standard InChI is InChI=1S/C10H14N5O7P/c11-8-5-9(13-2-12-8)15(3-14-5)10-7(22-23(18,19)20)6(17)4(1-16)21-10/h2-4,6-7,10,16-17H,1H2,(H2,11,12,13)(H2,18,19,20)/t4-,6-,7-,10-/m1/s1/i1+1,4+1,6+1,7+1,10+1. The van der Waals surface area contributed by atoms with Crippen LogP contribution in [0.3, 0.4) is 0 Å². The molecule has 0 bridgehead atoms. The number of fused-ring (bicyclic) bond motifs is 1. The minimum absolute atomic E-state index is 0.110. The van der Waals surface area contributed by atoms with Gasteiger partial charge in [0.15, 0.2) is 17.7 Å². The van der Waals surface area contributed by atoms with E-state index in [4.69, 9.17) is 20.3 Å². The Balaban J connectivity index is 2.04. The Labute approximate surface area is 128 Å². The Morgan fingerprint density at radius 2 is 2.13 bits per heavy atom. The van der Waals surface area contributed by atoms with Gasteiger partial charge < -0.3 is 30.5 Å². The number of nitrogens with two attached hydrogens (primary N) is 1. The van der Waals surface area contributed by atoms with Gasteiger partial charge in [-0.1, -0.05) is 0 Å². The number of aromatic nitrogens is 4. The van der Waals surface area contributed by atoms with E-state index >= 15 is 0 Å². The van der Waals surface area contributed by atoms with Crippen LogP contribution in [0, 0.1) is 0 Å². The summed E-state index contributed by atoms with van der Waals surface area (Å²) >= 11 is 0. The van der Waals surface area contributed by atoms with Crippen molar-refractivity contribution in [3.63, 3.8) is 0 Å². The van der Waals surface area contributed by atoms with Crippen LogP contribution in [0.25, 0.3) is 11.2 Å². The molecule has 6 N–H and O–H groups in total. The highest BCUT2D eigenvalue weighted by Gasteiger charge is 2.48. The van der Waals surface area contributed by atoms with Crippen molar-refractivity contribution in [1.82, 2.24) is 19.5 Å². The smallest absolute Gasteiger partial charge is 0.394 e. The van der Waals surface area contributed by atoms with Crippen LogP contribution in [-0.4, -0.2) is 64.4 Å². The summed E-state index contributed by atoms with van der Waals surface area (Å²) in [5.41, 5.74) is 6.16. The zero-order chi connectivity index (χ0) is 16.8. The summed E-state index contributed by atoms with van der Waals surface area (Å²) < 4.78 is 22.5. The number of nitrogens with zero attached hydrogens (tertiary/aromatic N) is 4. The molecule has 0 aliphatic carbocycles. The fourth-order valence-corrected chi connectivity index (χ4v) is 2.97. The maximum absolute atomic E-state index is 11.1. The second kappa shape index (κ2) is 5.76. The summed E-state index contributed by atoms with van der Waals surface area (Å²) in [6, 6.07) is 0. The molecule has 1 fully saturated rings. The highest BCUT2D eigenvalue weighted by atomic mass is 31.2. The van der Waals surface area contributed by atoms with E-state index < -0.39 is 39.0 Å². The van der Waals surface area contributed by atoms with Crippen LogP contribution in [0.15, 0.2) is 12.7 Å². The first-order valence-electron chi connectivity index (χ1n) is 6.43. The number of aliphatic hydroxyl groups is 2. The molecule has 0 amide bonds. The second-order valence-corrected chi connectivity index (χ2v) is 6.07. The van der Waals surface area contributed by atoms with E-state index in [-0.39, 0.29) is 17.0 Å². The van der Waals surface area contributed by atoms with Gasteiger partial charge in [-0.25, -0.2) is 19.5 Å². The summed E-state index contributed by atoms with van der Waals surface area (Å²) in [6.45, 7) is -0.567. The molecular formula is C10H14N5O7P. The van der Waals surface area contributed by atoms with Gasteiger partial charge in [-0.2, -0.15) is 0 Å². The van der Waals surface area contributed by atoms with Gasteiger partial charge in [-0.3, -0.25) is 9.09 Å². The number of phosphoric ester groups is 1. The monoisotopic (exact) mass is 352 g/mol. The predicted octanol–water partition coefficient (Wildman–Crippen LogP) is -1.86.